The molecule has 0 aliphatic heterocycles. The van der Waals surface area contributed by atoms with Crippen LogP contribution in [-0.2, 0) is 14.2 Å². The van der Waals surface area contributed by atoms with Crippen LogP contribution in [0.25, 0.3) is 0 Å². The topological polar surface area (TPSA) is 27.7 Å². The summed E-state index contributed by atoms with van der Waals surface area (Å²) in [7, 11) is 0. The van der Waals surface area contributed by atoms with Gasteiger partial charge in [-0.1, -0.05) is 48.5 Å². The molecule has 3 nitrogen and oxygen atoms in total. The average molecular weight is 429 g/mol. The molecule has 0 saturated heterocycles. The van der Waals surface area contributed by atoms with Crippen LogP contribution >= 0.6 is 0 Å². The summed E-state index contributed by atoms with van der Waals surface area (Å²) in [6, 6.07) is 0. The van der Waals surface area contributed by atoms with Gasteiger partial charge in [-0.25, -0.2) is 0 Å². The lowest BCUT2D eigenvalue weighted by Crippen LogP contribution is -2.47. The van der Waals surface area contributed by atoms with E-state index < -0.39 is 0 Å². The Morgan fingerprint density at radius 1 is 0.567 bits per heavy atom. The van der Waals surface area contributed by atoms with E-state index in [-0.39, 0.29) is 39.2 Å². The van der Waals surface area contributed by atoms with Crippen molar-refractivity contribution in [2.75, 3.05) is 13.2 Å². The zero-order valence-corrected chi connectivity index (χ0v) is 23.3. The zero-order chi connectivity index (χ0) is 24.2. The molecule has 3 heteroatoms. The van der Waals surface area contributed by atoms with Gasteiger partial charge in [-0.3, -0.25) is 0 Å². The van der Waals surface area contributed by atoms with Gasteiger partial charge >= 0.3 is 0 Å². The van der Waals surface area contributed by atoms with Gasteiger partial charge in [0.15, 0.2) is 0 Å². The minimum atomic E-state index is -0.227. The Balaban J connectivity index is 4.83. The van der Waals surface area contributed by atoms with Crippen LogP contribution in [0.15, 0.2) is 0 Å². The molecule has 0 aliphatic carbocycles. The highest BCUT2D eigenvalue weighted by molar-refractivity contribution is 4.91. The third-order valence-electron chi connectivity index (χ3n) is 7.11. The fourth-order valence-electron chi connectivity index (χ4n) is 3.54. The molecule has 0 radical (unpaired) electrons. The Kier molecular flexibility index (Phi) is 10.2. The molecule has 0 N–H and O–H groups in total. The van der Waals surface area contributed by atoms with Crippen LogP contribution in [0.3, 0.4) is 0 Å². The number of hydrogen-bond acceptors (Lipinski definition) is 3. The molecule has 0 rings (SSSR count). The summed E-state index contributed by atoms with van der Waals surface area (Å²) >= 11 is 0. The second-order valence-corrected chi connectivity index (χ2v) is 13.8. The molecular formula is C27H56O3. The summed E-state index contributed by atoms with van der Waals surface area (Å²) < 4.78 is 19.0. The summed E-state index contributed by atoms with van der Waals surface area (Å²) in [5.74, 6) is 0. The fraction of sp³-hybridized carbons (Fsp3) is 1.00. The first kappa shape index (κ1) is 29.9. The van der Waals surface area contributed by atoms with Crippen LogP contribution in [0.2, 0.25) is 0 Å². The van der Waals surface area contributed by atoms with Gasteiger partial charge in [-0.05, 0) is 90.9 Å². The Morgan fingerprint density at radius 2 is 0.967 bits per heavy atom. The van der Waals surface area contributed by atoms with Crippen molar-refractivity contribution < 1.29 is 14.2 Å². The van der Waals surface area contributed by atoms with Crippen molar-refractivity contribution in [1.29, 1.82) is 0 Å². The van der Waals surface area contributed by atoms with Gasteiger partial charge in [0.1, 0.15) is 0 Å². The maximum Gasteiger partial charge on any atom is 0.0681 e. The molecule has 1 atom stereocenters. The first-order chi connectivity index (χ1) is 13.0. The highest BCUT2D eigenvalue weighted by Gasteiger charge is 2.41. The third kappa shape index (κ3) is 10.5. The van der Waals surface area contributed by atoms with Crippen LogP contribution in [0.4, 0.5) is 0 Å². The van der Waals surface area contributed by atoms with Gasteiger partial charge in [0, 0.05) is 13.2 Å². The van der Waals surface area contributed by atoms with E-state index in [2.05, 4.69) is 104 Å². The Labute approximate surface area is 190 Å². The van der Waals surface area contributed by atoms with Crippen molar-refractivity contribution in [2.45, 2.75) is 146 Å². The summed E-state index contributed by atoms with van der Waals surface area (Å²) in [4.78, 5) is 0. The molecular weight excluding hydrogens is 372 g/mol. The minimum absolute atomic E-state index is 0.00864. The van der Waals surface area contributed by atoms with E-state index in [9.17, 15) is 0 Å². The molecule has 0 fully saturated rings. The Bertz CT molecular complexity index is 501. The van der Waals surface area contributed by atoms with Crippen molar-refractivity contribution in [3.8, 4) is 0 Å². The van der Waals surface area contributed by atoms with E-state index in [4.69, 9.17) is 14.2 Å². The summed E-state index contributed by atoms with van der Waals surface area (Å²) in [6.45, 7) is 34.9. The van der Waals surface area contributed by atoms with Crippen LogP contribution in [0.1, 0.15) is 123 Å². The third-order valence-corrected chi connectivity index (χ3v) is 7.11. The molecule has 1 unspecified atom stereocenters. The first-order valence-electron chi connectivity index (χ1n) is 12.0. The van der Waals surface area contributed by atoms with Crippen molar-refractivity contribution in [3.63, 3.8) is 0 Å². The highest BCUT2D eigenvalue weighted by Crippen LogP contribution is 2.41. The van der Waals surface area contributed by atoms with Crippen molar-refractivity contribution in [3.05, 3.63) is 0 Å². The fourth-order valence-corrected chi connectivity index (χ4v) is 3.54. The van der Waals surface area contributed by atoms with Crippen LogP contribution in [0.5, 0.6) is 0 Å². The molecule has 0 aliphatic rings. The molecule has 0 aromatic rings. The molecule has 0 bridgehead atoms. The van der Waals surface area contributed by atoms with E-state index in [1.54, 1.807) is 0 Å². The number of ether oxygens (including phenoxy) is 3. The highest BCUT2D eigenvalue weighted by atomic mass is 16.5. The Hall–Kier alpha value is -0.120. The normalized spacial score (nSPS) is 16.1. The van der Waals surface area contributed by atoms with Crippen LogP contribution in [-0.4, -0.2) is 36.1 Å². The number of hydrogen-bond donors (Lipinski definition) is 0. The van der Waals surface area contributed by atoms with E-state index in [0.29, 0.717) is 0 Å². The van der Waals surface area contributed by atoms with Crippen molar-refractivity contribution in [2.24, 2.45) is 16.2 Å². The first-order valence-corrected chi connectivity index (χ1v) is 12.0. The lowest BCUT2D eigenvalue weighted by Gasteiger charge is -2.46. The monoisotopic (exact) mass is 428 g/mol. The molecule has 0 saturated carbocycles. The number of rotatable bonds is 12. The largest absolute Gasteiger partial charge is 0.376 e. The predicted molar refractivity (Wildman–Crippen MR) is 131 cm³/mol. The molecule has 182 valence electrons. The predicted octanol–water partition coefficient (Wildman–Crippen LogP) is 8.05. The summed E-state index contributed by atoms with van der Waals surface area (Å²) in [5, 5.41) is 0. The van der Waals surface area contributed by atoms with Gasteiger partial charge in [0.25, 0.3) is 0 Å². The zero-order valence-electron chi connectivity index (χ0n) is 23.3. The van der Waals surface area contributed by atoms with Gasteiger partial charge in [0.2, 0.25) is 0 Å². The van der Waals surface area contributed by atoms with E-state index in [0.717, 1.165) is 32.5 Å². The molecule has 0 amide bonds. The quantitative estimate of drug-likeness (QED) is 0.315. The van der Waals surface area contributed by atoms with E-state index >= 15 is 0 Å². The van der Waals surface area contributed by atoms with Gasteiger partial charge in [0.05, 0.1) is 22.9 Å². The maximum absolute atomic E-state index is 6.54. The second-order valence-electron chi connectivity index (χ2n) is 13.8. The summed E-state index contributed by atoms with van der Waals surface area (Å²) in [6.07, 6.45) is 3.22. The Morgan fingerprint density at radius 3 is 1.37 bits per heavy atom. The van der Waals surface area contributed by atoms with Gasteiger partial charge in [-0.2, -0.15) is 0 Å². The van der Waals surface area contributed by atoms with Crippen molar-refractivity contribution >= 4 is 0 Å². The van der Waals surface area contributed by atoms with Crippen LogP contribution in [0, 0.1) is 16.2 Å². The maximum atomic E-state index is 6.54. The molecule has 30 heavy (non-hydrogen) atoms. The van der Waals surface area contributed by atoms with Crippen LogP contribution < -0.4 is 0 Å². The molecule has 0 aromatic carbocycles. The lowest BCUT2D eigenvalue weighted by atomic mass is 9.73. The lowest BCUT2D eigenvalue weighted by molar-refractivity contribution is -0.159. The SMILES string of the molecule is CC(CC(C)(C)C)OC(C)(C)C(C)(C)CCOC(C)(C)C(C)(C)CCOC(C)(C)C. The average Bonchev–Trinajstić information content (AvgIpc) is 2.41. The second kappa shape index (κ2) is 10.2. The van der Waals surface area contributed by atoms with Crippen molar-refractivity contribution in [1.82, 2.24) is 0 Å². The van der Waals surface area contributed by atoms with E-state index in [1.165, 1.54) is 0 Å². The van der Waals surface area contributed by atoms with Gasteiger partial charge in [-0.15, -0.1) is 0 Å². The molecule has 0 heterocycles. The minimum Gasteiger partial charge on any atom is -0.376 e. The van der Waals surface area contributed by atoms with E-state index in [1.807, 2.05) is 0 Å². The molecule has 0 aromatic heterocycles. The smallest absolute Gasteiger partial charge is 0.0681 e. The summed E-state index contributed by atoms with van der Waals surface area (Å²) in [5.41, 5.74) is -0.240. The molecule has 0 spiro atoms. The standard InChI is InChI=1S/C27H56O3/c1-21(20-22(2,3)4)30-27(14,15)25(10,11)17-19-29-26(12,13)24(8,9)16-18-28-23(5,6)7/h21H,16-20H2,1-15H3. The van der Waals surface area contributed by atoms with Gasteiger partial charge < -0.3 is 14.2 Å².